The largest absolute Gasteiger partial charge is 0.481 e. The van der Waals surface area contributed by atoms with Gasteiger partial charge in [-0.05, 0) is 73.1 Å². The molecular formula is C22H24FN3O3. The van der Waals surface area contributed by atoms with Gasteiger partial charge >= 0.3 is 5.97 Å². The molecule has 1 unspecified atom stereocenters. The van der Waals surface area contributed by atoms with Crippen molar-refractivity contribution in [1.82, 2.24) is 4.98 Å². The number of halogens is 1. The van der Waals surface area contributed by atoms with Gasteiger partial charge in [0.1, 0.15) is 12.1 Å². The van der Waals surface area contributed by atoms with Gasteiger partial charge in [0.2, 0.25) is 0 Å². The van der Waals surface area contributed by atoms with Gasteiger partial charge in [-0.3, -0.25) is 9.59 Å². The fourth-order valence-electron chi connectivity index (χ4n) is 3.99. The highest BCUT2D eigenvalue weighted by Gasteiger charge is 2.26. The molecule has 1 atom stereocenters. The first-order valence-electron chi connectivity index (χ1n) is 9.37. The molecule has 0 amide bonds. The van der Waals surface area contributed by atoms with Gasteiger partial charge in [-0.1, -0.05) is 0 Å². The van der Waals surface area contributed by atoms with Crippen LogP contribution in [-0.4, -0.2) is 22.3 Å². The number of aldehydes is 1. The van der Waals surface area contributed by atoms with Crippen LogP contribution in [0.25, 0.3) is 16.6 Å². The summed E-state index contributed by atoms with van der Waals surface area (Å²) >= 11 is 0. The summed E-state index contributed by atoms with van der Waals surface area (Å²) in [5, 5.41) is 10.0. The van der Waals surface area contributed by atoms with E-state index in [1.165, 1.54) is 19.1 Å². The second-order valence-electron chi connectivity index (χ2n) is 7.50. The molecule has 0 fully saturated rings. The Morgan fingerprint density at radius 3 is 2.69 bits per heavy atom. The molecule has 1 aromatic heterocycles. The van der Waals surface area contributed by atoms with Gasteiger partial charge in [0.15, 0.2) is 0 Å². The number of nitrogens with two attached hydrogens (primary N) is 2. The number of hydrogen-bond acceptors (Lipinski definition) is 5. The van der Waals surface area contributed by atoms with Crippen LogP contribution in [0.4, 0.5) is 4.39 Å². The lowest BCUT2D eigenvalue weighted by molar-refractivity contribution is -0.136. The maximum absolute atomic E-state index is 14.5. The van der Waals surface area contributed by atoms with Crippen LogP contribution in [-0.2, 0) is 16.0 Å². The zero-order valence-electron chi connectivity index (χ0n) is 16.7. The molecule has 1 heterocycles. The fourth-order valence-corrected chi connectivity index (χ4v) is 3.99. The van der Waals surface area contributed by atoms with E-state index in [0.717, 1.165) is 22.1 Å². The zero-order chi connectivity index (χ0) is 21.5. The summed E-state index contributed by atoms with van der Waals surface area (Å²) in [6, 6.07) is 1.16. The molecule has 0 radical (unpaired) electrons. The average Bonchev–Trinajstić information content (AvgIpc) is 2.66. The van der Waals surface area contributed by atoms with Crippen LogP contribution in [0.1, 0.15) is 53.8 Å². The number of aliphatic carboxylic acids is 1. The predicted octanol–water partition coefficient (Wildman–Crippen LogP) is 3.23. The van der Waals surface area contributed by atoms with Gasteiger partial charge in [-0.15, -0.1) is 0 Å². The number of nitrogens with zero attached hydrogens (tertiary/aromatic N) is 1. The Labute approximate surface area is 168 Å². The van der Waals surface area contributed by atoms with Crippen molar-refractivity contribution in [2.45, 2.75) is 46.1 Å². The van der Waals surface area contributed by atoms with Crippen LogP contribution in [0.5, 0.6) is 0 Å². The van der Waals surface area contributed by atoms with Crippen molar-refractivity contribution < 1.29 is 19.1 Å². The van der Waals surface area contributed by atoms with Gasteiger partial charge in [-0.2, -0.15) is 0 Å². The van der Waals surface area contributed by atoms with Gasteiger partial charge < -0.3 is 16.6 Å². The fraction of sp³-hybridized carbons (Fsp3) is 0.318. The quantitative estimate of drug-likeness (QED) is 0.405. The van der Waals surface area contributed by atoms with Crippen LogP contribution < -0.4 is 11.5 Å². The van der Waals surface area contributed by atoms with Crippen LogP contribution in [0.2, 0.25) is 0 Å². The summed E-state index contributed by atoms with van der Waals surface area (Å²) in [6.45, 7) is 5.14. The highest BCUT2D eigenvalue weighted by Crippen LogP contribution is 2.39. The number of carboxylic acids is 1. The first-order valence-corrected chi connectivity index (χ1v) is 9.37. The Balaban J connectivity index is 2.28. The first kappa shape index (κ1) is 20.7. The van der Waals surface area contributed by atoms with E-state index in [-0.39, 0.29) is 29.6 Å². The summed E-state index contributed by atoms with van der Waals surface area (Å²) in [5.41, 5.74) is 17.5. The van der Waals surface area contributed by atoms with Crippen LogP contribution in [0, 0.1) is 19.7 Å². The molecule has 0 aliphatic heterocycles. The van der Waals surface area contributed by atoms with E-state index >= 15 is 0 Å². The summed E-state index contributed by atoms with van der Waals surface area (Å²) < 4.78 is 14.5. The third kappa shape index (κ3) is 3.65. The standard InChI is InChI=1S/C22H24FN3O3/c1-10(9-27)13(7-19(28)29)6-17(25)22-12(3)20-16(24)5-4-14-11(2)15(23)8-18(26-22)21(14)20/h6,8-9,16H,4-5,7,24-25H2,1-3H3,(H,28,29)/b13-10+,17-6-. The minimum absolute atomic E-state index is 0.207. The number of rotatable bonds is 5. The normalized spacial score (nSPS) is 17.3. The van der Waals surface area contributed by atoms with E-state index in [9.17, 15) is 14.0 Å². The minimum Gasteiger partial charge on any atom is -0.481 e. The highest BCUT2D eigenvalue weighted by molar-refractivity contribution is 5.91. The molecule has 152 valence electrons. The third-order valence-corrected chi connectivity index (χ3v) is 5.60. The number of aromatic nitrogens is 1. The summed E-state index contributed by atoms with van der Waals surface area (Å²) in [4.78, 5) is 26.9. The van der Waals surface area contributed by atoms with E-state index in [2.05, 4.69) is 4.98 Å². The molecule has 0 saturated heterocycles. The van der Waals surface area contributed by atoms with E-state index in [1.54, 1.807) is 6.92 Å². The number of carboxylic acid groups (broad SMARTS) is 1. The van der Waals surface area contributed by atoms with Crippen molar-refractivity contribution in [2.75, 3.05) is 0 Å². The number of allylic oxidation sites excluding steroid dienone is 2. The molecule has 7 heteroatoms. The van der Waals surface area contributed by atoms with Crippen LogP contribution in [0.3, 0.4) is 0 Å². The smallest absolute Gasteiger partial charge is 0.307 e. The lowest BCUT2D eigenvalue weighted by Gasteiger charge is -2.27. The number of benzene rings is 1. The van der Waals surface area contributed by atoms with E-state index in [0.29, 0.717) is 41.5 Å². The predicted molar refractivity (Wildman–Crippen MR) is 110 cm³/mol. The number of pyridine rings is 1. The second kappa shape index (κ2) is 7.75. The maximum Gasteiger partial charge on any atom is 0.307 e. The Morgan fingerprint density at radius 2 is 2.07 bits per heavy atom. The van der Waals surface area contributed by atoms with E-state index in [1.807, 2.05) is 6.92 Å². The molecule has 0 spiro atoms. The molecule has 2 aromatic rings. The van der Waals surface area contributed by atoms with Crippen LogP contribution in [0.15, 0.2) is 23.3 Å². The van der Waals surface area contributed by atoms with Crippen molar-refractivity contribution in [2.24, 2.45) is 11.5 Å². The van der Waals surface area contributed by atoms with E-state index < -0.39 is 5.97 Å². The SMILES string of the molecule is C/C(C=O)=C(/C=C(\N)c1nc2cc(F)c(C)c3c2c(c1C)C(N)CC3)CC(=O)O. The second-order valence-corrected chi connectivity index (χ2v) is 7.50. The van der Waals surface area contributed by atoms with Crippen molar-refractivity contribution >= 4 is 28.9 Å². The molecule has 0 bridgehead atoms. The maximum atomic E-state index is 14.5. The summed E-state index contributed by atoms with van der Waals surface area (Å²) in [5.74, 6) is -1.41. The average molecular weight is 397 g/mol. The van der Waals surface area contributed by atoms with Crippen molar-refractivity contribution in [1.29, 1.82) is 0 Å². The van der Waals surface area contributed by atoms with Gasteiger partial charge in [0, 0.05) is 17.5 Å². The van der Waals surface area contributed by atoms with Gasteiger partial charge in [0.05, 0.1) is 23.3 Å². The summed E-state index contributed by atoms with van der Waals surface area (Å²) in [7, 11) is 0. The Hall–Kier alpha value is -3.06. The van der Waals surface area contributed by atoms with Crippen molar-refractivity contribution in [3.8, 4) is 0 Å². The molecule has 1 aliphatic carbocycles. The Morgan fingerprint density at radius 1 is 1.38 bits per heavy atom. The molecule has 1 aliphatic rings. The van der Waals surface area contributed by atoms with Crippen molar-refractivity contribution in [3.63, 3.8) is 0 Å². The Bertz CT molecular complexity index is 1100. The number of hydrogen-bond donors (Lipinski definition) is 3. The number of carbonyl (C=O) groups is 2. The molecular weight excluding hydrogens is 373 g/mol. The lowest BCUT2D eigenvalue weighted by atomic mass is 9.82. The first-order chi connectivity index (χ1) is 13.6. The zero-order valence-corrected chi connectivity index (χ0v) is 16.7. The lowest BCUT2D eigenvalue weighted by Crippen LogP contribution is -2.21. The summed E-state index contributed by atoms with van der Waals surface area (Å²) in [6.07, 6.45) is 3.07. The topological polar surface area (TPSA) is 119 Å². The van der Waals surface area contributed by atoms with Gasteiger partial charge in [0.25, 0.3) is 0 Å². The molecule has 1 aromatic carbocycles. The van der Waals surface area contributed by atoms with E-state index in [4.69, 9.17) is 16.6 Å². The third-order valence-electron chi connectivity index (χ3n) is 5.60. The Kier molecular flexibility index (Phi) is 5.53. The molecule has 3 rings (SSSR count). The molecule has 5 N–H and O–H groups in total. The number of aryl methyl sites for hydroxylation is 1. The van der Waals surface area contributed by atoms with Crippen LogP contribution >= 0.6 is 0 Å². The van der Waals surface area contributed by atoms with Crippen molar-refractivity contribution in [3.05, 3.63) is 57.1 Å². The molecule has 29 heavy (non-hydrogen) atoms. The monoisotopic (exact) mass is 397 g/mol. The minimum atomic E-state index is -1.08. The molecule has 6 nitrogen and oxygen atoms in total. The molecule has 0 saturated carbocycles. The number of carbonyl (C=O) groups excluding carboxylic acids is 1. The highest BCUT2D eigenvalue weighted by atomic mass is 19.1. The van der Waals surface area contributed by atoms with Gasteiger partial charge in [-0.25, -0.2) is 9.37 Å².